The predicted octanol–water partition coefficient (Wildman–Crippen LogP) is 2.33. The van der Waals surface area contributed by atoms with Crippen molar-refractivity contribution in [2.24, 2.45) is 0 Å². The number of carboxylic acids is 1. The number of carbonyl (C=O) groups is 1. The zero-order chi connectivity index (χ0) is 17.8. The van der Waals surface area contributed by atoms with Crippen molar-refractivity contribution < 1.29 is 36.6 Å². The van der Waals surface area contributed by atoms with Crippen LogP contribution >= 0.6 is 0 Å². The Labute approximate surface area is 131 Å². The van der Waals surface area contributed by atoms with E-state index in [2.05, 4.69) is 0 Å². The van der Waals surface area contributed by atoms with Crippen LogP contribution in [0.1, 0.15) is 31.7 Å². The molecule has 1 atom stereocenters. The smallest absolute Gasteiger partial charge is 0.416 e. The third-order valence-corrected chi connectivity index (χ3v) is 4.52. The molecule has 6 nitrogen and oxygen atoms in total. The van der Waals surface area contributed by atoms with Crippen molar-refractivity contribution in [2.75, 3.05) is 0 Å². The fourth-order valence-electron chi connectivity index (χ4n) is 1.80. The number of alkyl halides is 3. The Morgan fingerprint density at radius 1 is 1.35 bits per heavy atom. The summed E-state index contributed by atoms with van der Waals surface area (Å²) < 4.78 is 64.0. The highest BCUT2D eigenvalue weighted by Crippen LogP contribution is 2.34. The summed E-state index contributed by atoms with van der Waals surface area (Å²) in [5.74, 6) is -2.35. The van der Waals surface area contributed by atoms with Crippen LogP contribution < -0.4 is 4.72 Å². The number of aliphatic carboxylic acids is 1. The van der Waals surface area contributed by atoms with E-state index in [0.29, 0.717) is 25.0 Å². The molecule has 3 N–H and O–H groups in total. The van der Waals surface area contributed by atoms with Gasteiger partial charge in [0.2, 0.25) is 10.0 Å². The minimum Gasteiger partial charge on any atom is -0.507 e. The SMILES string of the molecule is CCCC[C@H](NS(=O)(=O)c1cc(C(F)(F)F)ccc1O)C(=O)O. The molecule has 1 aromatic carbocycles. The number of sulfonamides is 1. The molecule has 0 aliphatic rings. The second-order valence-electron chi connectivity index (χ2n) is 4.83. The largest absolute Gasteiger partial charge is 0.507 e. The molecule has 1 aromatic rings. The lowest BCUT2D eigenvalue weighted by Gasteiger charge is -2.16. The highest BCUT2D eigenvalue weighted by atomic mass is 32.2. The van der Waals surface area contributed by atoms with Crippen molar-refractivity contribution in [1.29, 1.82) is 0 Å². The topological polar surface area (TPSA) is 104 Å². The number of phenols is 1. The van der Waals surface area contributed by atoms with Gasteiger partial charge in [-0.15, -0.1) is 0 Å². The molecular weight excluding hydrogens is 339 g/mol. The third kappa shape index (κ3) is 5.10. The van der Waals surface area contributed by atoms with Crippen LogP contribution in [0.4, 0.5) is 13.2 Å². The number of hydrogen-bond acceptors (Lipinski definition) is 4. The van der Waals surface area contributed by atoms with Crippen molar-refractivity contribution in [3.8, 4) is 5.75 Å². The van der Waals surface area contributed by atoms with E-state index in [1.165, 1.54) is 0 Å². The summed E-state index contributed by atoms with van der Waals surface area (Å²) in [6.07, 6.45) is -3.80. The average Bonchev–Trinajstić information content (AvgIpc) is 2.42. The molecule has 0 amide bonds. The second kappa shape index (κ2) is 7.18. The first-order valence-corrected chi connectivity index (χ1v) is 8.12. The van der Waals surface area contributed by atoms with Crippen LogP contribution in [0.15, 0.2) is 23.1 Å². The summed E-state index contributed by atoms with van der Waals surface area (Å²) in [4.78, 5) is 10.0. The Hall–Kier alpha value is -1.81. The lowest BCUT2D eigenvalue weighted by Crippen LogP contribution is -2.40. The number of unbranched alkanes of at least 4 members (excludes halogenated alkanes) is 1. The molecule has 1 rings (SSSR count). The maximum Gasteiger partial charge on any atom is 0.416 e. The first kappa shape index (κ1) is 19.2. The zero-order valence-electron chi connectivity index (χ0n) is 12.1. The average molecular weight is 355 g/mol. The molecule has 0 bridgehead atoms. The molecule has 0 saturated carbocycles. The number of phenolic OH excluding ortho intramolecular Hbond substituents is 1. The molecule has 130 valence electrons. The number of rotatable bonds is 7. The second-order valence-corrected chi connectivity index (χ2v) is 6.52. The van der Waals surface area contributed by atoms with Gasteiger partial charge in [-0.2, -0.15) is 17.9 Å². The van der Waals surface area contributed by atoms with Gasteiger partial charge in [0.05, 0.1) is 5.56 Å². The molecule has 0 spiro atoms. The third-order valence-electron chi connectivity index (χ3n) is 3.02. The fraction of sp³-hybridized carbons (Fsp3) is 0.462. The summed E-state index contributed by atoms with van der Waals surface area (Å²) in [6, 6.07) is -0.107. The zero-order valence-corrected chi connectivity index (χ0v) is 12.9. The Kier molecular flexibility index (Phi) is 6.00. The van der Waals surface area contributed by atoms with Crippen LogP contribution in [0.2, 0.25) is 0 Å². The Balaban J connectivity index is 3.19. The van der Waals surface area contributed by atoms with Gasteiger partial charge in [-0.05, 0) is 24.6 Å². The van der Waals surface area contributed by atoms with Gasteiger partial charge in [-0.3, -0.25) is 4.79 Å². The molecule has 0 unspecified atom stereocenters. The highest BCUT2D eigenvalue weighted by molar-refractivity contribution is 7.89. The lowest BCUT2D eigenvalue weighted by molar-refractivity contribution is -0.139. The molecule has 0 aromatic heterocycles. The van der Waals surface area contributed by atoms with E-state index in [1.807, 2.05) is 4.72 Å². The van der Waals surface area contributed by atoms with Gasteiger partial charge in [-0.1, -0.05) is 19.8 Å². The Bertz CT molecular complexity index is 673. The monoisotopic (exact) mass is 355 g/mol. The van der Waals surface area contributed by atoms with Crippen LogP contribution in [0.5, 0.6) is 5.75 Å². The molecule has 0 aliphatic carbocycles. The summed E-state index contributed by atoms with van der Waals surface area (Å²) in [5.41, 5.74) is -1.27. The van der Waals surface area contributed by atoms with Crippen molar-refractivity contribution in [3.05, 3.63) is 23.8 Å². The van der Waals surface area contributed by atoms with Crippen molar-refractivity contribution in [3.63, 3.8) is 0 Å². The summed E-state index contributed by atoms with van der Waals surface area (Å²) in [5, 5.41) is 18.5. The molecule has 0 saturated heterocycles. The van der Waals surface area contributed by atoms with Crippen LogP contribution in [0.3, 0.4) is 0 Å². The maximum atomic E-state index is 12.7. The normalized spacial score (nSPS) is 13.7. The first-order valence-electron chi connectivity index (χ1n) is 6.64. The van der Waals surface area contributed by atoms with Gasteiger partial charge >= 0.3 is 12.1 Å². The Morgan fingerprint density at radius 2 is 1.96 bits per heavy atom. The summed E-state index contributed by atoms with van der Waals surface area (Å²) >= 11 is 0. The lowest BCUT2D eigenvalue weighted by atomic mass is 10.1. The van der Waals surface area contributed by atoms with Crippen LogP contribution in [-0.4, -0.2) is 30.6 Å². The molecular formula is C13H16F3NO5S. The van der Waals surface area contributed by atoms with Crippen LogP contribution in [0, 0.1) is 0 Å². The molecule has 0 fully saturated rings. The quantitative estimate of drug-likeness (QED) is 0.696. The summed E-state index contributed by atoms with van der Waals surface area (Å²) in [7, 11) is -4.63. The number of carboxylic acid groups (broad SMARTS) is 1. The number of aromatic hydroxyl groups is 1. The molecule has 10 heteroatoms. The van der Waals surface area contributed by atoms with Gasteiger partial charge in [0.1, 0.15) is 16.7 Å². The van der Waals surface area contributed by atoms with E-state index < -0.39 is 44.4 Å². The Morgan fingerprint density at radius 3 is 2.43 bits per heavy atom. The van der Waals surface area contributed by atoms with Gasteiger partial charge in [0, 0.05) is 0 Å². The molecule has 0 heterocycles. The number of hydrogen-bond donors (Lipinski definition) is 3. The van der Waals surface area contributed by atoms with Gasteiger partial charge in [0.25, 0.3) is 0 Å². The van der Waals surface area contributed by atoms with Gasteiger partial charge in [-0.25, -0.2) is 8.42 Å². The maximum absolute atomic E-state index is 12.7. The van der Waals surface area contributed by atoms with E-state index in [4.69, 9.17) is 5.11 Å². The minimum absolute atomic E-state index is 0.0230. The van der Waals surface area contributed by atoms with Crippen molar-refractivity contribution >= 4 is 16.0 Å². The van der Waals surface area contributed by atoms with E-state index in [9.17, 15) is 31.5 Å². The number of halogens is 3. The van der Waals surface area contributed by atoms with Gasteiger partial charge in [0.15, 0.2) is 0 Å². The first-order chi connectivity index (χ1) is 10.5. The standard InChI is InChI=1S/C13H16F3NO5S/c1-2-3-4-9(12(19)20)17-23(21,22)11-7-8(13(14,15)16)5-6-10(11)18/h5-7,9,17-18H,2-4H2,1H3,(H,19,20)/t9-/m0/s1. The molecule has 0 aliphatic heterocycles. The van der Waals surface area contributed by atoms with E-state index >= 15 is 0 Å². The van der Waals surface area contributed by atoms with Crippen LogP contribution in [-0.2, 0) is 21.0 Å². The van der Waals surface area contributed by atoms with E-state index in [0.717, 1.165) is 0 Å². The summed E-state index contributed by atoms with van der Waals surface area (Å²) in [6.45, 7) is 1.77. The van der Waals surface area contributed by atoms with E-state index in [-0.39, 0.29) is 12.5 Å². The van der Waals surface area contributed by atoms with Crippen molar-refractivity contribution in [2.45, 2.75) is 43.3 Å². The predicted molar refractivity (Wildman–Crippen MR) is 74.4 cm³/mol. The van der Waals surface area contributed by atoms with Crippen LogP contribution in [0.25, 0.3) is 0 Å². The number of benzene rings is 1. The highest BCUT2D eigenvalue weighted by Gasteiger charge is 2.34. The fourth-order valence-corrected chi connectivity index (χ4v) is 3.14. The van der Waals surface area contributed by atoms with Crippen molar-refractivity contribution in [1.82, 2.24) is 4.72 Å². The molecule has 0 radical (unpaired) electrons. The minimum atomic E-state index is -4.80. The van der Waals surface area contributed by atoms with E-state index in [1.54, 1.807) is 6.92 Å². The number of nitrogens with one attached hydrogen (secondary N) is 1. The molecule has 23 heavy (non-hydrogen) atoms. The van der Waals surface area contributed by atoms with Gasteiger partial charge < -0.3 is 10.2 Å².